The number of rotatable bonds is 6. The molecule has 0 radical (unpaired) electrons. The van der Waals surface area contributed by atoms with Crippen LogP contribution in [0.25, 0.3) is 10.8 Å². The molecule has 27 heavy (non-hydrogen) atoms. The molecule has 0 atom stereocenters. The predicted molar refractivity (Wildman–Crippen MR) is 102 cm³/mol. The summed E-state index contributed by atoms with van der Waals surface area (Å²) in [4.78, 5) is 23.9. The number of carbonyl (C=O) groups is 2. The Bertz CT molecular complexity index is 968. The minimum Gasteiger partial charge on any atom is -0.497 e. The van der Waals surface area contributed by atoms with Crippen LogP contribution in [0, 0.1) is 0 Å². The maximum Gasteiger partial charge on any atom is 0.274 e. The van der Waals surface area contributed by atoms with Gasteiger partial charge in [-0.15, -0.1) is 0 Å². The zero-order valence-corrected chi connectivity index (χ0v) is 14.9. The summed E-state index contributed by atoms with van der Waals surface area (Å²) < 4.78 is 5.13. The monoisotopic (exact) mass is 364 g/mol. The third-order valence-corrected chi connectivity index (χ3v) is 4.32. The number of hydroxylamine groups is 1. The van der Waals surface area contributed by atoms with Crippen molar-refractivity contribution in [3.63, 3.8) is 0 Å². The summed E-state index contributed by atoms with van der Waals surface area (Å²) in [6.07, 6.45) is 0.712. The van der Waals surface area contributed by atoms with Crippen LogP contribution in [0.2, 0.25) is 0 Å². The van der Waals surface area contributed by atoms with E-state index in [1.807, 2.05) is 30.3 Å². The first-order valence-corrected chi connectivity index (χ1v) is 8.50. The lowest BCUT2D eigenvalue weighted by atomic mass is 10.0. The Morgan fingerprint density at radius 1 is 0.889 bits per heavy atom. The number of methoxy groups -OCH3 is 1. The zero-order chi connectivity index (χ0) is 19.2. The molecule has 3 N–H and O–H groups in total. The van der Waals surface area contributed by atoms with Crippen molar-refractivity contribution in [1.29, 1.82) is 0 Å². The van der Waals surface area contributed by atoms with E-state index in [4.69, 9.17) is 9.94 Å². The molecular formula is C21H20N2O4. The highest BCUT2D eigenvalue weighted by molar-refractivity contribution is 6.01. The van der Waals surface area contributed by atoms with Gasteiger partial charge in [0.05, 0.1) is 7.11 Å². The van der Waals surface area contributed by atoms with E-state index in [0.29, 0.717) is 24.1 Å². The van der Waals surface area contributed by atoms with Crippen molar-refractivity contribution in [2.45, 2.75) is 6.42 Å². The van der Waals surface area contributed by atoms with Gasteiger partial charge in [-0.1, -0.05) is 24.3 Å². The zero-order valence-electron chi connectivity index (χ0n) is 14.9. The van der Waals surface area contributed by atoms with E-state index in [0.717, 1.165) is 22.1 Å². The smallest absolute Gasteiger partial charge is 0.274 e. The topological polar surface area (TPSA) is 87.7 Å². The molecule has 0 spiro atoms. The van der Waals surface area contributed by atoms with E-state index in [1.54, 1.807) is 42.9 Å². The maximum absolute atomic E-state index is 12.4. The molecule has 0 aliphatic carbocycles. The van der Waals surface area contributed by atoms with Gasteiger partial charge in [0.25, 0.3) is 11.8 Å². The number of hydrogen-bond acceptors (Lipinski definition) is 4. The summed E-state index contributed by atoms with van der Waals surface area (Å²) in [6, 6.07) is 18.0. The highest BCUT2D eigenvalue weighted by atomic mass is 16.5. The molecule has 0 saturated heterocycles. The van der Waals surface area contributed by atoms with Crippen LogP contribution in [0.5, 0.6) is 5.75 Å². The lowest BCUT2D eigenvalue weighted by Gasteiger charge is -2.08. The fraction of sp³-hybridized carbons (Fsp3) is 0.143. The lowest BCUT2D eigenvalue weighted by Crippen LogP contribution is -2.25. The van der Waals surface area contributed by atoms with Crippen LogP contribution in [0.4, 0.5) is 0 Å². The molecule has 0 aliphatic heterocycles. The van der Waals surface area contributed by atoms with Crippen LogP contribution < -0.4 is 15.5 Å². The van der Waals surface area contributed by atoms with Gasteiger partial charge >= 0.3 is 0 Å². The summed E-state index contributed by atoms with van der Waals surface area (Å²) in [5.74, 6) is 0.0295. The number of hydrogen-bond donors (Lipinski definition) is 3. The van der Waals surface area contributed by atoms with Crippen molar-refractivity contribution >= 4 is 22.6 Å². The third-order valence-electron chi connectivity index (χ3n) is 4.32. The molecule has 138 valence electrons. The second kappa shape index (κ2) is 8.33. The molecule has 0 unspecified atom stereocenters. The van der Waals surface area contributed by atoms with E-state index < -0.39 is 5.91 Å². The molecule has 6 heteroatoms. The average Bonchev–Trinajstić information content (AvgIpc) is 2.72. The molecule has 0 heterocycles. The largest absolute Gasteiger partial charge is 0.497 e. The molecule has 0 aliphatic rings. The van der Waals surface area contributed by atoms with Crippen LogP contribution in [0.15, 0.2) is 60.7 Å². The SMILES string of the molecule is COc1ccc(CCNC(=O)c2ccc3ccc(C(=O)NO)cc3c2)cc1. The number of fused-ring (bicyclic) bond motifs is 1. The molecule has 3 aromatic carbocycles. The maximum atomic E-state index is 12.4. The van der Waals surface area contributed by atoms with E-state index in [2.05, 4.69) is 5.32 Å². The first kappa shape index (κ1) is 18.4. The van der Waals surface area contributed by atoms with Gasteiger partial charge < -0.3 is 10.1 Å². The number of benzene rings is 3. The van der Waals surface area contributed by atoms with Gasteiger partial charge in [0.2, 0.25) is 0 Å². The van der Waals surface area contributed by atoms with Crippen LogP contribution >= 0.6 is 0 Å². The first-order valence-electron chi connectivity index (χ1n) is 8.50. The van der Waals surface area contributed by atoms with Gasteiger partial charge in [-0.3, -0.25) is 14.8 Å². The Hall–Kier alpha value is -3.38. The number of nitrogens with one attached hydrogen (secondary N) is 2. The Labute approximate surface area is 156 Å². The highest BCUT2D eigenvalue weighted by Gasteiger charge is 2.09. The molecule has 0 aromatic heterocycles. The van der Waals surface area contributed by atoms with Gasteiger partial charge in [0.15, 0.2) is 0 Å². The highest BCUT2D eigenvalue weighted by Crippen LogP contribution is 2.18. The van der Waals surface area contributed by atoms with Gasteiger partial charge in [0, 0.05) is 17.7 Å². The third kappa shape index (κ3) is 4.43. The summed E-state index contributed by atoms with van der Waals surface area (Å²) in [6.45, 7) is 0.510. The molecule has 6 nitrogen and oxygen atoms in total. The molecule has 0 fully saturated rings. The van der Waals surface area contributed by atoms with Crippen molar-refractivity contribution in [3.05, 3.63) is 77.4 Å². The second-order valence-corrected chi connectivity index (χ2v) is 6.07. The molecular weight excluding hydrogens is 344 g/mol. The second-order valence-electron chi connectivity index (χ2n) is 6.07. The first-order chi connectivity index (χ1) is 13.1. The van der Waals surface area contributed by atoms with Crippen molar-refractivity contribution in [2.75, 3.05) is 13.7 Å². The molecule has 3 rings (SSSR count). The Balaban J connectivity index is 1.66. The normalized spacial score (nSPS) is 10.4. The average molecular weight is 364 g/mol. The number of amides is 2. The van der Waals surface area contributed by atoms with Gasteiger partial charge in [0.1, 0.15) is 5.75 Å². The van der Waals surface area contributed by atoms with Crippen molar-refractivity contribution in [1.82, 2.24) is 10.8 Å². The van der Waals surface area contributed by atoms with Crippen molar-refractivity contribution < 1.29 is 19.5 Å². The summed E-state index contributed by atoms with van der Waals surface area (Å²) in [5, 5.41) is 13.3. The van der Waals surface area contributed by atoms with E-state index in [-0.39, 0.29) is 5.91 Å². The molecule has 0 bridgehead atoms. The van der Waals surface area contributed by atoms with Gasteiger partial charge in [-0.2, -0.15) is 0 Å². The fourth-order valence-electron chi connectivity index (χ4n) is 2.81. The van der Waals surface area contributed by atoms with E-state index in [9.17, 15) is 9.59 Å². The van der Waals surface area contributed by atoms with Crippen LogP contribution in [0.3, 0.4) is 0 Å². The predicted octanol–water partition coefficient (Wildman–Crippen LogP) is 2.94. The molecule has 3 aromatic rings. The summed E-state index contributed by atoms with van der Waals surface area (Å²) in [7, 11) is 1.62. The Kier molecular flexibility index (Phi) is 5.68. The summed E-state index contributed by atoms with van der Waals surface area (Å²) in [5.41, 5.74) is 3.55. The Morgan fingerprint density at radius 3 is 2.11 bits per heavy atom. The van der Waals surface area contributed by atoms with E-state index >= 15 is 0 Å². The minimum absolute atomic E-state index is 0.178. The number of ether oxygens (including phenoxy) is 1. The number of carbonyl (C=O) groups excluding carboxylic acids is 2. The van der Waals surface area contributed by atoms with Gasteiger partial charge in [-0.05, 0) is 59.2 Å². The van der Waals surface area contributed by atoms with Crippen molar-refractivity contribution in [3.8, 4) is 5.75 Å². The molecule has 2 amide bonds. The van der Waals surface area contributed by atoms with E-state index in [1.165, 1.54) is 0 Å². The Morgan fingerprint density at radius 2 is 1.52 bits per heavy atom. The molecule has 0 saturated carbocycles. The van der Waals surface area contributed by atoms with Crippen LogP contribution in [-0.2, 0) is 6.42 Å². The van der Waals surface area contributed by atoms with Crippen molar-refractivity contribution in [2.24, 2.45) is 0 Å². The fourth-order valence-corrected chi connectivity index (χ4v) is 2.81. The van der Waals surface area contributed by atoms with Crippen LogP contribution in [0.1, 0.15) is 26.3 Å². The standard InChI is InChI=1S/C21H20N2O4/c1-27-19-8-2-14(3-9-19)10-11-22-20(24)16-6-4-15-5-7-17(21(25)23-26)13-18(15)12-16/h2-9,12-13,26H,10-11H2,1H3,(H,22,24)(H,23,25). The summed E-state index contributed by atoms with van der Waals surface area (Å²) >= 11 is 0. The van der Waals surface area contributed by atoms with Crippen LogP contribution in [-0.4, -0.2) is 30.7 Å². The quantitative estimate of drug-likeness (QED) is 0.464. The lowest BCUT2D eigenvalue weighted by molar-refractivity contribution is 0.0706. The minimum atomic E-state index is -0.591. The van der Waals surface area contributed by atoms with Gasteiger partial charge in [-0.25, -0.2) is 5.48 Å².